The van der Waals surface area contributed by atoms with Gasteiger partial charge in [-0.05, 0) is 42.2 Å². The second-order valence-electron chi connectivity index (χ2n) is 9.18. The van der Waals surface area contributed by atoms with Gasteiger partial charge in [-0.1, -0.05) is 54.6 Å². The lowest BCUT2D eigenvalue weighted by Crippen LogP contribution is -2.51. The van der Waals surface area contributed by atoms with Gasteiger partial charge in [0, 0.05) is 24.7 Å². The predicted molar refractivity (Wildman–Crippen MR) is 137 cm³/mol. The molecule has 7 heteroatoms. The summed E-state index contributed by atoms with van der Waals surface area (Å²) >= 11 is 0. The maximum Gasteiger partial charge on any atom is 0.264 e. The summed E-state index contributed by atoms with van der Waals surface area (Å²) in [6.07, 6.45) is 2.65. The van der Waals surface area contributed by atoms with Crippen LogP contribution in [0.25, 0.3) is 10.9 Å². The summed E-state index contributed by atoms with van der Waals surface area (Å²) in [4.78, 5) is 41.9. The Kier molecular flexibility index (Phi) is 5.52. The second-order valence-corrected chi connectivity index (χ2v) is 9.18. The number of aromatic nitrogens is 1. The van der Waals surface area contributed by atoms with E-state index < -0.39 is 12.0 Å². The lowest BCUT2D eigenvalue weighted by molar-refractivity contribution is -0.127. The number of pyridine rings is 1. The van der Waals surface area contributed by atoms with Crippen molar-refractivity contribution in [2.45, 2.75) is 32.0 Å². The number of hydrogen-bond acceptors (Lipinski definition) is 4. The molecule has 36 heavy (non-hydrogen) atoms. The fraction of sp³-hybridized carbons (Fsp3) is 0.207. The predicted octanol–water partition coefficient (Wildman–Crippen LogP) is 3.67. The van der Waals surface area contributed by atoms with Gasteiger partial charge in [0.2, 0.25) is 5.43 Å². The molecular weight excluding hydrogens is 454 g/mol. The molecule has 7 nitrogen and oxygen atoms in total. The van der Waals surface area contributed by atoms with Gasteiger partial charge in [-0.25, -0.2) is 0 Å². The molecular formula is C29H25N3O4. The molecule has 0 aliphatic carbocycles. The molecule has 0 spiro atoms. The van der Waals surface area contributed by atoms with E-state index in [1.165, 1.54) is 4.90 Å². The van der Waals surface area contributed by atoms with E-state index in [2.05, 4.69) is 5.32 Å². The van der Waals surface area contributed by atoms with Gasteiger partial charge < -0.3 is 19.5 Å². The molecule has 3 heterocycles. The van der Waals surface area contributed by atoms with Crippen molar-refractivity contribution in [2.24, 2.45) is 0 Å². The molecule has 0 radical (unpaired) electrons. The van der Waals surface area contributed by atoms with Gasteiger partial charge in [0.25, 0.3) is 11.8 Å². The van der Waals surface area contributed by atoms with E-state index >= 15 is 0 Å². The topological polar surface area (TPSA) is 80.6 Å². The number of nitrogens with zero attached hydrogens (tertiary/aromatic N) is 2. The highest BCUT2D eigenvalue weighted by Crippen LogP contribution is 2.34. The van der Waals surface area contributed by atoms with Crippen molar-refractivity contribution in [3.63, 3.8) is 0 Å². The van der Waals surface area contributed by atoms with Crippen LogP contribution in [0, 0.1) is 0 Å². The molecule has 0 fully saturated rings. The Morgan fingerprint density at radius 2 is 1.78 bits per heavy atom. The second kappa shape index (κ2) is 9.00. The number of rotatable bonds is 4. The van der Waals surface area contributed by atoms with Crippen LogP contribution in [0.2, 0.25) is 0 Å². The van der Waals surface area contributed by atoms with E-state index in [9.17, 15) is 14.4 Å². The molecule has 1 N–H and O–H groups in total. The molecule has 0 saturated carbocycles. The van der Waals surface area contributed by atoms with Crippen molar-refractivity contribution in [1.82, 2.24) is 9.88 Å². The van der Waals surface area contributed by atoms with E-state index in [1.807, 2.05) is 53.1 Å². The van der Waals surface area contributed by atoms with Crippen LogP contribution in [0.4, 0.5) is 5.69 Å². The zero-order valence-corrected chi connectivity index (χ0v) is 19.6. The number of carbonyl (C=O) groups excluding carboxylic acids is 2. The summed E-state index contributed by atoms with van der Waals surface area (Å²) in [5, 5.41) is 3.45. The molecule has 1 atom stereocenters. The van der Waals surface area contributed by atoms with Gasteiger partial charge >= 0.3 is 0 Å². The van der Waals surface area contributed by atoms with E-state index in [-0.39, 0.29) is 23.4 Å². The van der Waals surface area contributed by atoms with Crippen LogP contribution < -0.4 is 20.4 Å². The lowest BCUT2D eigenvalue weighted by Gasteiger charge is -2.34. The number of anilines is 1. The number of amides is 2. The Balaban J connectivity index is 1.34. The first-order chi connectivity index (χ1) is 17.6. The lowest BCUT2D eigenvalue weighted by atomic mass is 9.99. The van der Waals surface area contributed by atoms with Crippen LogP contribution in [0.1, 0.15) is 27.9 Å². The Hall–Kier alpha value is -4.39. The molecule has 0 saturated heterocycles. The minimum absolute atomic E-state index is 0.00792. The third-order valence-electron chi connectivity index (χ3n) is 6.88. The number of ether oxygens (including phenoxy) is 1. The average Bonchev–Trinajstić information content (AvgIpc) is 2.93. The van der Waals surface area contributed by atoms with Crippen LogP contribution >= 0.6 is 0 Å². The van der Waals surface area contributed by atoms with Gasteiger partial charge in [0.15, 0.2) is 6.10 Å². The van der Waals surface area contributed by atoms with Crippen molar-refractivity contribution in [3.05, 3.63) is 106 Å². The Labute approximate surface area is 207 Å². The van der Waals surface area contributed by atoms with Crippen LogP contribution in [0.3, 0.4) is 0 Å². The number of nitrogens with one attached hydrogen (secondary N) is 1. The molecule has 2 aliphatic rings. The normalized spacial score (nSPS) is 16.2. The maximum atomic E-state index is 13.9. The minimum Gasteiger partial charge on any atom is -0.477 e. The summed E-state index contributed by atoms with van der Waals surface area (Å²) in [5.41, 5.74) is 3.35. The van der Waals surface area contributed by atoms with Gasteiger partial charge in [0.1, 0.15) is 11.3 Å². The van der Waals surface area contributed by atoms with Crippen LogP contribution in [-0.2, 0) is 24.3 Å². The van der Waals surface area contributed by atoms with Crippen molar-refractivity contribution in [1.29, 1.82) is 0 Å². The van der Waals surface area contributed by atoms with Crippen LogP contribution in [0.5, 0.6) is 5.75 Å². The summed E-state index contributed by atoms with van der Waals surface area (Å²) in [6, 6.07) is 22.4. The van der Waals surface area contributed by atoms with Crippen LogP contribution in [0.15, 0.2) is 83.8 Å². The third kappa shape index (κ3) is 3.82. The van der Waals surface area contributed by atoms with E-state index in [0.29, 0.717) is 23.4 Å². The van der Waals surface area contributed by atoms with Gasteiger partial charge in [0.05, 0.1) is 17.7 Å². The fourth-order valence-corrected chi connectivity index (χ4v) is 5.12. The molecule has 2 aliphatic heterocycles. The fourth-order valence-electron chi connectivity index (χ4n) is 5.12. The maximum absolute atomic E-state index is 13.9. The zero-order chi connectivity index (χ0) is 24.6. The van der Waals surface area contributed by atoms with Gasteiger partial charge in [-0.2, -0.15) is 0 Å². The SMILES string of the molecule is O=C(NCc1ccccc1)[C@@H]1CN(C(=O)c2cn3c4c(cccc4c2=O)CCC3)c2ccccc2O1. The smallest absolute Gasteiger partial charge is 0.264 e. The van der Waals surface area contributed by atoms with E-state index in [4.69, 9.17) is 4.74 Å². The summed E-state index contributed by atoms with van der Waals surface area (Å²) in [7, 11) is 0. The number of benzene rings is 3. The minimum atomic E-state index is -0.902. The first kappa shape index (κ1) is 22.1. The number of hydrogen-bond donors (Lipinski definition) is 1. The molecule has 2 amide bonds. The Morgan fingerprint density at radius 3 is 2.64 bits per heavy atom. The average molecular weight is 480 g/mol. The third-order valence-corrected chi connectivity index (χ3v) is 6.88. The van der Waals surface area contributed by atoms with Crippen molar-refractivity contribution in [3.8, 4) is 5.75 Å². The first-order valence-corrected chi connectivity index (χ1v) is 12.1. The van der Waals surface area contributed by atoms with Crippen LogP contribution in [-0.4, -0.2) is 29.0 Å². The highest BCUT2D eigenvalue weighted by atomic mass is 16.5. The van der Waals surface area contributed by atoms with E-state index in [1.54, 1.807) is 30.5 Å². The molecule has 180 valence electrons. The quantitative estimate of drug-likeness (QED) is 0.484. The number of fused-ring (bicyclic) bond motifs is 1. The standard InChI is InChI=1S/C29H25N3O4/c33-27-21-12-6-10-20-11-7-15-31(26(20)21)17-22(27)29(35)32-18-25(36-24-14-5-4-13-23(24)32)28(34)30-16-19-8-2-1-3-9-19/h1-6,8-10,12-14,17,25H,7,11,15-16,18H2,(H,30,34)/t25-/m0/s1. The Morgan fingerprint density at radius 1 is 0.972 bits per heavy atom. The number of para-hydroxylation sites is 3. The summed E-state index contributed by atoms with van der Waals surface area (Å²) in [5.74, 6) is -0.319. The number of aryl methyl sites for hydroxylation is 2. The highest BCUT2D eigenvalue weighted by molar-refractivity contribution is 6.09. The van der Waals surface area contributed by atoms with Crippen molar-refractivity contribution >= 4 is 28.4 Å². The van der Waals surface area contributed by atoms with Gasteiger partial charge in [-0.3, -0.25) is 14.4 Å². The molecule has 4 aromatic rings. The van der Waals surface area contributed by atoms with Gasteiger partial charge in [-0.15, -0.1) is 0 Å². The van der Waals surface area contributed by atoms with Crippen molar-refractivity contribution in [2.75, 3.05) is 11.4 Å². The molecule has 0 unspecified atom stereocenters. The zero-order valence-electron chi connectivity index (χ0n) is 19.6. The monoisotopic (exact) mass is 479 g/mol. The summed E-state index contributed by atoms with van der Waals surface area (Å²) in [6.45, 7) is 1.11. The number of carbonyl (C=O) groups is 2. The molecule has 3 aromatic carbocycles. The molecule has 6 rings (SSSR count). The van der Waals surface area contributed by atoms with Crippen molar-refractivity contribution < 1.29 is 14.3 Å². The molecule has 0 bridgehead atoms. The first-order valence-electron chi connectivity index (χ1n) is 12.1. The highest BCUT2D eigenvalue weighted by Gasteiger charge is 2.35. The largest absolute Gasteiger partial charge is 0.477 e. The van der Waals surface area contributed by atoms with E-state index in [0.717, 1.165) is 36.0 Å². The summed E-state index contributed by atoms with van der Waals surface area (Å²) < 4.78 is 7.99. The molecule has 1 aromatic heterocycles. The Bertz CT molecular complexity index is 1540.